The quantitative estimate of drug-likeness (QED) is 0.717. The molecule has 0 aliphatic carbocycles. The molecule has 3 rings (SSSR count). The Kier molecular flexibility index (Phi) is 2.84. The van der Waals surface area contributed by atoms with Crippen LogP contribution in [0.1, 0.15) is 5.69 Å². The van der Waals surface area contributed by atoms with Crippen molar-refractivity contribution in [2.45, 2.75) is 0 Å². The standard InChI is InChI=1S/C12H6N4S2/c13-4-8-5-18-12(15-8)10-3-1-2-9(16-10)11-6-17-7-14-11/h1-3,5-7H. The number of pyridine rings is 1. The lowest BCUT2D eigenvalue weighted by atomic mass is 10.2. The second-order valence-corrected chi connectivity index (χ2v) is 5.01. The van der Waals surface area contributed by atoms with E-state index in [1.54, 1.807) is 10.9 Å². The molecular formula is C12H6N4S2. The molecule has 3 aromatic heterocycles. The summed E-state index contributed by atoms with van der Waals surface area (Å²) < 4.78 is 0. The zero-order valence-electron chi connectivity index (χ0n) is 9.07. The molecule has 4 nitrogen and oxygen atoms in total. The van der Waals surface area contributed by atoms with Crippen molar-refractivity contribution < 1.29 is 0 Å². The molecule has 0 N–H and O–H groups in total. The van der Waals surface area contributed by atoms with Crippen LogP contribution in [0.25, 0.3) is 22.1 Å². The van der Waals surface area contributed by atoms with Gasteiger partial charge in [0.25, 0.3) is 0 Å². The van der Waals surface area contributed by atoms with Gasteiger partial charge in [-0.3, -0.25) is 0 Å². The third-order valence-electron chi connectivity index (χ3n) is 2.28. The lowest BCUT2D eigenvalue weighted by Gasteiger charge is -1.99. The SMILES string of the molecule is N#Cc1csc(-c2cccc(-c3cscn3)n2)n1. The summed E-state index contributed by atoms with van der Waals surface area (Å²) >= 11 is 2.96. The highest BCUT2D eigenvalue weighted by atomic mass is 32.1. The summed E-state index contributed by atoms with van der Waals surface area (Å²) in [5, 5.41) is 13.2. The smallest absolute Gasteiger partial charge is 0.152 e. The molecule has 3 aromatic rings. The number of thiazole rings is 2. The fourth-order valence-corrected chi connectivity index (χ4v) is 2.74. The molecule has 18 heavy (non-hydrogen) atoms. The molecule has 6 heteroatoms. The Morgan fingerprint density at radius 1 is 1.06 bits per heavy atom. The Bertz CT molecular complexity index is 710. The highest BCUT2D eigenvalue weighted by Crippen LogP contribution is 2.24. The van der Waals surface area contributed by atoms with Gasteiger partial charge in [0.05, 0.1) is 22.6 Å². The largest absolute Gasteiger partial charge is 0.244 e. The van der Waals surface area contributed by atoms with Crippen molar-refractivity contribution in [1.29, 1.82) is 5.26 Å². The molecular weight excluding hydrogens is 264 g/mol. The molecule has 0 saturated heterocycles. The zero-order chi connectivity index (χ0) is 12.4. The fourth-order valence-electron chi connectivity index (χ4n) is 1.48. The maximum atomic E-state index is 8.77. The average Bonchev–Trinajstić information content (AvgIpc) is 3.10. The summed E-state index contributed by atoms with van der Waals surface area (Å²) in [5.74, 6) is 0. The Morgan fingerprint density at radius 2 is 1.94 bits per heavy atom. The van der Waals surface area contributed by atoms with Gasteiger partial charge >= 0.3 is 0 Å². The van der Waals surface area contributed by atoms with Crippen molar-refractivity contribution in [3.63, 3.8) is 0 Å². The highest BCUT2D eigenvalue weighted by Gasteiger charge is 2.08. The molecule has 0 aliphatic heterocycles. The molecule has 0 fully saturated rings. The zero-order valence-corrected chi connectivity index (χ0v) is 10.7. The second kappa shape index (κ2) is 4.64. The maximum absolute atomic E-state index is 8.77. The Labute approximate surface area is 111 Å². The van der Waals surface area contributed by atoms with Crippen LogP contribution >= 0.6 is 22.7 Å². The first-order valence-electron chi connectivity index (χ1n) is 5.08. The van der Waals surface area contributed by atoms with Crippen LogP contribution in [0.15, 0.2) is 34.5 Å². The molecule has 0 radical (unpaired) electrons. The van der Waals surface area contributed by atoms with E-state index in [9.17, 15) is 0 Å². The van der Waals surface area contributed by atoms with Gasteiger partial charge in [-0.2, -0.15) is 5.26 Å². The molecule has 0 aliphatic rings. The summed E-state index contributed by atoms with van der Waals surface area (Å²) in [6, 6.07) is 7.74. The van der Waals surface area contributed by atoms with E-state index >= 15 is 0 Å². The minimum absolute atomic E-state index is 0.427. The van der Waals surface area contributed by atoms with Gasteiger partial charge in [-0.1, -0.05) is 6.07 Å². The molecule has 0 saturated carbocycles. The number of hydrogen-bond acceptors (Lipinski definition) is 6. The predicted molar refractivity (Wildman–Crippen MR) is 71.2 cm³/mol. The molecule has 86 valence electrons. The van der Waals surface area contributed by atoms with Gasteiger partial charge < -0.3 is 0 Å². The third-order valence-corrected chi connectivity index (χ3v) is 3.73. The van der Waals surface area contributed by atoms with E-state index in [0.29, 0.717) is 5.69 Å². The van der Waals surface area contributed by atoms with Crippen molar-refractivity contribution in [2.75, 3.05) is 0 Å². The topological polar surface area (TPSA) is 62.5 Å². The van der Waals surface area contributed by atoms with Crippen molar-refractivity contribution >= 4 is 22.7 Å². The summed E-state index contributed by atoms with van der Waals surface area (Å²) in [4.78, 5) is 12.9. The lowest BCUT2D eigenvalue weighted by Crippen LogP contribution is -1.87. The number of nitrogens with zero attached hydrogens (tertiary/aromatic N) is 4. The molecule has 0 aromatic carbocycles. The van der Waals surface area contributed by atoms with Gasteiger partial charge in [0.15, 0.2) is 5.69 Å². The maximum Gasteiger partial charge on any atom is 0.152 e. The van der Waals surface area contributed by atoms with Gasteiger partial charge in [-0.15, -0.1) is 22.7 Å². The van der Waals surface area contributed by atoms with Crippen molar-refractivity contribution in [3.8, 4) is 28.2 Å². The van der Waals surface area contributed by atoms with E-state index in [1.807, 2.05) is 29.6 Å². The van der Waals surface area contributed by atoms with Gasteiger partial charge in [-0.05, 0) is 12.1 Å². The first-order chi connectivity index (χ1) is 8.86. The van der Waals surface area contributed by atoms with Crippen molar-refractivity contribution in [1.82, 2.24) is 15.0 Å². The number of hydrogen-bond donors (Lipinski definition) is 0. The summed E-state index contributed by atoms with van der Waals surface area (Å²) in [5.41, 5.74) is 4.66. The molecule has 0 atom stereocenters. The second-order valence-electron chi connectivity index (χ2n) is 3.43. The van der Waals surface area contributed by atoms with Crippen LogP contribution in [-0.4, -0.2) is 15.0 Å². The van der Waals surface area contributed by atoms with E-state index in [2.05, 4.69) is 15.0 Å². The first kappa shape index (κ1) is 11.0. The normalized spacial score (nSPS) is 10.2. The molecule has 3 heterocycles. The minimum Gasteiger partial charge on any atom is -0.244 e. The van der Waals surface area contributed by atoms with Crippen molar-refractivity contribution in [2.24, 2.45) is 0 Å². The van der Waals surface area contributed by atoms with Crippen LogP contribution in [0.2, 0.25) is 0 Å². The van der Waals surface area contributed by atoms with E-state index in [0.717, 1.165) is 22.1 Å². The van der Waals surface area contributed by atoms with Crippen LogP contribution < -0.4 is 0 Å². The minimum atomic E-state index is 0.427. The third kappa shape index (κ3) is 2.01. The van der Waals surface area contributed by atoms with E-state index in [-0.39, 0.29) is 0 Å². The molecule has 0 spiro atoms. The Morgan fingerprint density at radius 3 is 2.67 bits per heavy atom. The average molecular weight is 270 g/mol. The summed E-state index contributed by atoms with van der Waals surface area (Å²) in [6.45, 7) is 0. The van der Waals surface area contributed by atoms with Gasteiger partial charge in [-0.25, -0.2) is 15.0 Å². The summed E-state index contributed by atoms with van der Waals surface area (Å²) in [6.07, 6.45) is 0. The lowest BCUT2D eigenvalue weighted by molar-refractivity contribution is 1.25. The highest BCUT2D eigenvalue weighted by molar-refractivity contribution is 7.13. The first-order valence-corrected chi connectivity index (χ1v) is 6.90. The molecule has 0 amide bonds. The van der Waals surface area contributed by atoms with Crippen LogP contribution in [0.3, 0.4) is 0 Å². The van der Waals surface area contributed by atoms with Gasteiger partial charge in [0.1, 0.15) is 11.1 Å². The van der Waals surface area contributed by atoms with Gasteiger partial charge in [0.2, 0.25) is 0 Å². The Hall–Kier alpha value is -2.10. The fraction of sp³-hybridized carbons (Fsp3) is 0. The Balaban J connectivity index is 2.04. The van der Waals surface area contributed by atoms with Crippen LogP contribution in [-0.2, 0) is 0 Å². The van der Waals surface area contributed by atoms with Crippen LogP contribution in [0, 0.1) is 11.3 Å². The number of rotatable bonds is 2. The number of nitriles is 1. The van der Waals surface area contributed by atoms with Crippen molar-refractivity contribution in [3.05, 3.63) is 40.2 Å². The summed E-state index contributed by atoms with van der Waals surface area (Å²) in [7, 11) is 0. The van der Waals surface area contributed by atoms with E-state index in [4.69, 9.17) is 5.26 Å². The van der Waals surface area contributed by atoms with Crippen LogP contribution in [0.5, 0.6) is 0 Å². The number of aromatic nitrogens is 3. The van der Waals surface area contributed by atoms with E-state index < -0.39 is 0 Å². The molecule has 0 unspecified atom stereocenters. The molecule has 0 bridgehead atoms. The predicted octanol–water partition coefficient (Wildman–Crippen LogP) is 3.20. The van der Waals surface area contributed by atoms with E-state index in [1.165, 1.54) is 22.7 Å². The monoisotopic (exact) mass is 270 g/mol. The van der Waals surface area contributed by atoms with Crippen LogP contribution in [0.4, 0.5) is 0 Å². The van der Waals surface area contributed by atoms with Gasteiger partial charge in [0, 0.05) is 10.8 Å².